The summed E-state index contributed by atoms with van der Waals surface area (Å²) in [5.74, 6) is 1.38. The highest BCUT2D eigenvalue weighted by Gasteiger charge is 2.12. The molecule has 0 unspecified atom stereocenters. The molecule has 0 aliphatic rings. The van der Waals surface area contributed by atoms with E-state index in [0.717, 1.165) is 15.6 Å². The summed E-state index contributed by atoms with van der Waals surface area (Å²) in [4.78, 5) is 5.75. The number of hydrogen-bond acceptors (Lipinski definition) is 6. The number of benzene rings is 2. The lowest BCUT2D eigenvalue weighted by Gasteiger charge is -1.95. The summed E-state index contributed by atoms with van der Waals surface area (Å²) < 4.78 is 6.24. The Labute approximate surface area is 155 Å². The van der Waals surface area contributed by atoms with Crippen LogP contribution < -0.4 is 0 Å². The molecule has 0 amide bonds. The van der Waals surface area contributed by atoms with Crippen LogP contribution in [0.2, 0.25) is 5.02 Å². The average Bonchev–Trinajstić information content (AvgIpc) is 3.26. The Balaban J connectivity index is 1.52. The zero-order chi connectivity index (χ0) is 17.2. The van der Waals surface area contributed by atoms with E-state index in [2.05, 4.69) is 41.5 Å². The van der Waals surface area contributed by atoms with E-state index in [1.54, 1.807) is 12.1 Å². The molecular formula is C16H10BrClN6O. The Kier molecular flexibility index (Phi) is 4.29. The highest BCUT2D eigenvalue weighted by Crippen LogP contribution is 2.20. The van der Waals surface area contributed by atoms with Crippen molar-refractivity contribution >= 4 is 27.5 Å². The molecule has 124 valence electrons. The van der Waals surface area contributed by atoms with Crippen molar-refractivity contribution in [3.63, 3.8) is 0 Å². The highest BCUT2D eigenvalue weighted by atomic mass is 79.9. The van der Waals surface area contributed by atoms with Crippen molar-refractivity contribution in [2.75, 3.05) is 0 Å². The smallest absolute Gasteiger partial charge is 0.250 e. The molecule has 0 radical (unpaired) electrons. The molecule has 4 aromatic rings. The molecule has 2 aromatic heterocycles. The first-order chi connectivity index (χ1) is 12.2. The summed E-state index contributed by atoms with van der Waals surface area (Å²) in [6.45, 7) is 0.233. The quantitative estimate of drug-likeness (QED) is 0.501. The van der Waals surface area contributed by atoms with Gasteiger partial charge in [0.25, 0.3) is 5.89 Å². The molecule has 0 saturated heterocycles. The van der Waals surface area contributed by atoms with Crippen LogP contribution in [0, 0.1) is 0 Å². The van der Waals surface area contributed by atoms with Gasteiger partial charge in [0.15, 0.2) is 0 Å². The summed E-state index contributed by atoms with van der Waals surface area (Å²) >= 11 is 9.38. The van der Waals surface area contributed by atoms with Gasteiger partial charge in [-0.15, -0.1) is 10.2 Å². The monoisotopic (exact) mass is 416 g/mol. The predicted molar refractivity (Wildman–Crippen MR) is 94.8 cm³/mol. The summed E-state index contributed by atoms with van der Waals surface area (Å²) in [5.41, 5.74) is 1.66. The third-order valence-electron chi connectivity index (χ3n) is 3.38. The second kappa shape index (κ2) is 6.73. The van der Waals surface area contributed by atoms with Gasteiger partial charge in [-0.25, -0.2) is 0 Å². The van der Waals surface area contributed by atoms with Gasteiger partial charge in [0.05, 0.1) is 0 Å². The van der Waals surface area contributed by atoms with E-state index in [4.69, 9.17) is 16.1 Å². The Morgan fingerprint density at radius 1 is 1.04 bits per heavy atom. The van der Waals surface area contributed by atoms with E-state index in [9.17, 15) is 0 Å². The normalized spacial score (nSPS) is 11.0. The van der Waals surface area contributed by atoms with E-state index >= 15 is 0 Å². The van der Waals surface area contributed by atoms with Crippen molar-refractivity contribution in [1.82, 2.24) is 30.3 Å². The molecule has 0 N–H and O–H groups in total. The largest absolute Gasteiger partial charge is 0.337 e. The van der Waals surface area contributed by atoms with E-state index in [0.29, 0.717) is 22.6 Å². The minimum absolute atomic E-state index is 0.233. The van der Waals surface area contributed by atoms with Crippen molar-refractivity contribution in [3.8, 4) is 22.8 Å². The molecule has 4 rings (SSSR count). The average molecular weight is 418 g/mol. The van der Waals surface area contributed by atoms with Gasteiger partial charge >= 0.3 is 0 Å². The van der Waals surface area contributed by atoms with Crippen LogP contribution in [0.4, 0.5) is 0 Å². The van der Waals surface area contributed by atoms with Crippen molar-refractivity contribution in [2.45, 2.75) is 6.54 Å². The van der Waals surface area contributed by atoms with Gasteiger partial charge in [-0.05, 0) is 41.6 Å². The lowest BCUT2D eigenvalue weighted by Crippen LogP contribution is -2.04. The van der Waals surface area contributed by atoms with Gasteiger partial charge in [-0.1, -0.05) is 44.8 Å². The Morgan fingerprint density at radius 2 is 1.88 bits per heavy atom. The number of nitrogens with zero attached hydrogens (tertiary/aromatic N) is 6. The van der Waals surface area contributed by atoms with Gasteiger partial charge in [0, 0.05) is 20.6 Å². The maximum atomic E-state index is 5.98. The minimum Gasteiger partial charge on any atom is -0.337 e. The molecule has 0 atom stereocenters. The number of tetrazole rings is 1. The summed E-state index contributed by atoms with van der Waals surface area (Å²) in [5, 5.41) is 17.0. The van der Waals surface area contributed by atoms with Crippen LogP contribution in [0.15, 0.2) is 57.5 Å². The molecule has 7 nitrogen and oxygen atoms in total. The van der Waals surface area contributed by atoms with Crippen LogP contribution in [-0.2, 0) is 6.54 Å². The second-order valence-electron chi connectivity index (χ2n) is 5.17. The minimum atomic E-state index is 0.233. The third kappa shape index (κ3) is 3.59. The molecular weight excluding hydrogens is 408 g/mol. The van der Waals surface area contributed by atoms with Crippen LogP contribution in [0.5, 0.6) is 0 Å². The van der Waals surface area contributed by atoms with E-state index in [1.165, 1.54) is 4.80 Å². The Morgan fingerprint density at radius 3 is 2.68 bits per heavy atom. The maximum absolute atomic E-state index is 5.98. The summed E-state index contributed by atoms with van der Waals surface area (Å²) in [6.07, 6.45) is 0. The molecule has 2 heterocycles. The van der Waals surface area contributed by atoms with E-state index < -0.39 is 0 Å². The van der Waals surface area contributed by atoms with Crippen molar-refractivity contribution < 1.29 is 4.52 Å². The molecule has 2 aromatic carbocycles. The van der Waals surface area contributed by atoms with Crippen LogP contribution in [0.1, 0.15) is 5.89 Å². The zero-order valence-electron chi connectivity index (χ0n) is 12.7. The number of halogens is 2. The predicted octanol–water partition coefficient (Wildman–Crippen LogP) is 3.85. The van der Waals surface area contributed by atoms with Crippen molar-refractivity contribution in [3.05, 3.63) is 63.9 Å². The van der Waals surface area contributed by atoms with Crippen molar-refractivity contribution in [1.29, 1.82) is 0 Å². The van der Waals surface area contributed by atoms with Gasteiger partial charge in [0.2, 0.25) is 11.6 Å². The van der Waals surface area contributed by atoms with Gasteiger partial charge in [-0.2, -0.15) is 9.78 Å². The molecule has 25 heavy (non-hydrogen) atoms. The SMILES string of the molecule is Clc1cccc(-c2noc(Cn3nnc(-c4ccc(Br)cc4)n3)n2)c1. The third-order valence-corrected chi connectivity index (χ3v) is 4.15. The van der Waals surface area contributed by atoms with Crippen LogP contribution in [0.3, 0.4) is 0 Å². The van der Waals surface area contributed by atoms with Crippen LogP contribution in [0.25, 0.3) is 22.8 Å². The van der Waals surface area contributed by atoms with Gasteiger partial charge < -0.3 is 4.52 Å². The number of aromatic nitrogens is 6. The van der Waals surface area contributed by atoms with E-state index in [1.807, 2.05) is 36.4 Å². The summed E-state index contributed by atoms with van der Waals surface area (Å²) in [7, 11) is 0. The molecule has 0 saturated carbocycles. The standard InChI is InChI=1S/C16H10BrClN6O/c17-12-6-4-10(5-7-12)16-20-23-24(21-16)9-14-19-15(22-25-14)11-2-1-3-13(18)8-11/h1-8H,9H2. The lowest BCUT2D eigenvalue weighted by molar-refractivity contribution is 0.356. The first-order valence-electron chi connectivity index (χ1n) is 7.30. The highest BCUT2D eigenvalue weighted by molar-refractivity contribution is 9.10. The number of rotatable bonds is 4. The van der Waals surface area contributed by atoms with E-state index in [-0.39, 0.29) is 6.54 Å². The topological polar surface area (TPSA) is 82.5 Å². The Bertz CT molecular complexity index is 1010. The maximum Gasteiger partial charge on any atom is 0.250 e. The molecule has 0 spiro atoms. The molecule has 0 aliphatic carbocycles. The fourth-order valence-corrected chi connectivity index (χ4v) is 2.66. The first kappa shape index (κ1) is 15.9. The van der Waals surface area contributed by atoms with Crippen LogP contribution in [-0.4, -0.2) is 30.3 Å². The molecule has 9 heteroatoms. The first-order valence-corrected chi connectivity index (χ1v) is 8.47. The molecule has 0 aliphatic heterocycles. The molecule has 0 bridgehead atoms. The van der Waals surface area contributed by atoms with Gasteiger partial charge in [-0.3, -0.25) is 0 Å². The van der Waals surface area contributed by atoms with Gasteiger partial charge in [0.1, 0.15) is 6.54 Å². The summed E-state index contributed by atoms with van der Waals surface area (Å²) in [6, 6.07) is 14.9. The Hall–Kier alpha value is -2.58. The molecule has 0 fully saturated rings. The van der Waals surface area contributed by atoms with Crippen molar-refractivity contribution in [2.24, 2.45) is 0 Å². The number of hydrogen-bond donors (Lipinski definition) is 0. The fourth-order valence-electron chi connectivity index (χ4n) is 2.21. The zero-order valence-corrected chi connectivity index (χ0v) is 15.0. The fraction of sp³-hybridized carbons (Fsp3) is 0.0625. The lowest BCUT2D eigenvalue weighted by atomic mass is 10.2. The van der Waals surface area contributed by atoms with Crippen LogP contribution >= 0.6 is 27.5 Å². The second-order valence-corrected chi connectivity index (χ2v) is 6.52.